The molecule has 0 unspecified atom stereocenters. The van der Waals surface area contributed by atoms with Gasteiger partial charge in [-0.05, 0) is 48.2 Å². The lowest BCUT2D eigenvalue weighted by Crippen LogP contribution is -2.25. The van der Waals surface area contributed by atoms with E-state index in [-0.39, 0.29) is 46.3 Å². The average Bonchev–Trinajstić information content (AvgIpc) is 2.87. The fourth-order valence-electron chi connectivity index (χ4n) is 4.20. The monoisotopic (exact) mass is 495 g/mol. The molecule has 3 heterocycles. The SMILES string of the molecule is Cc1cccnc1-n1c(CNc2ncnc(N)c2C(=N)c2cc(O)cc(F)c2)cc2ccccc2c1=O. The van der Waals surface area contributed by atoms with E-state index in [4.69, 9.17) is 11.1 Å². The molecule has 0 aliphatic carbocycles. The summed E-state index contributed by atoms with van der Waals surface area (Å²) in [4.78, 5) is 26.2. The molecule has 0 radical (unpaired) electrons. The Bertz CT molecular complexity index is 1710. The van der Waals surface area contributed by atoms with Crippen LogP contribution in [0.3, 0.4) is 0 Å². The lowest BCUT2D eigenvalue weighted by Gasteiger charge is -2.18. The first-order valence-electron chi connectivity index (χ1n) is 11.3. The molecule has 0 amide bonds. The predicted molar refractivity (Wildman–Crippen MR) is 140 cm³/mol. The standard InChI is InChI=1S/C27H22FN7O2/c1-15-5-4-8-31-26(15)35-19(10-16-6-2-3-7-21(16)27(35)37)13-32-25-22(24(30)33-14-34-25)23(29)17-9-18(28)12-20(36)11-17/h2-12,14,29,36H,13H2,1H3,(H3,30,32,33,34). The number of halogens is 1. The predicted octanol–water partition coefficient (Wildman–Crippen LogP) is 3.94. The summed E-state index contributed by atoms with van der Waals surface area (Å²) < 4.78 is 15.5. The number of aromatic nitrogens is 4. The van der Waals surface area contributed by atoms with Crippen LogP contribution >= 0.6 is 0 Å². The van der Waals surface area contributed by atoms with Crippen molar-refractivity contribution < 1.29 is 9.50 Å². The number of nitrogens with two attached hydrogens (primary N) is 1. The van der Waals surface area contributed by atoms with Crippen LogP contribution in [0.15, 0.2) is 78.0 Å². The van der Waals surface area contributed by atoms with Gasteiger partial charge in [0.2, 0.25) is 0 Å². The molecule has 5 aromatic rings. The minimum atomic E-state index is -0.699. The molecular weight excluding hydrogens is 473 g/mol. The summed E-state index contributed by atoms with van der Waals surface area (Å²) in [6, 6.07) is 16.2. The molecule has 37 heavy (non-hydrogen) atoms. The minimum absolute atomic E-state index is 0.00252. The fourth-order valence-corrected chi connectivity index (χ4v) is 4.20. The molecule has 0 spiro atoms. The summed E-state index contributed by atoms with van der Waals surface area (Å²) >= 11 is 0. The van der Waals surface area contributed by atoms with Crippen LogP contribution in [0, 0.1) is 18.2 Å². The van der Waals surface area contributed by atoms with E-state index >= 15 is 0 Å². The zero-order chi connectivity index (χ0) is 26.1. The second-order valence-electron chi connectivity index (χ2n) is 8.42. The van der Waals surface area contributed by atoms with E-state index in [0.29, 0.717) is 16.9 Å². The van der Waals surface area contributed by atoms with Gasteiger partial charge in [0.1, 0.15) is 35.3 Å². The van der Waals surface area contributed by atoms with Gasteiger partial charge in [0.05, 0.1) is 17.8 Å². The highest BCUT2D eigenvalue weighted by molar-refractivity contribution is 6.16. The van der Waals surface area contributed by atoms with Gasteiger partial charge in [0.15, 0.2) is 0 Å². The Hall–Kier alpha value is -5.12. The summed E-state index contributed by atoms with van der Waals surface area (Å²) in [6.45, 7) is 2.00. The lowest BCUT2D eigenvalue weighted by molar-refractivity contribution is 0.469. The quantitative estimate of drug-likeness (QED) is 0.261. The number of hydrogen-bond acceptors (Lipinski definition) is 8. The zero-order valence-electron chi connectivity index (χ0n) is 19.7. The molecule has 0 aliphatic rings. The van der Waals surface area contributed by atoms with Crippen LogP contribution in [0.5, 0.6) is 5.75 Å². The molecule has 0 aliphatic heterocycles. The second kappa shape index (κ2) is 9.50. The van der Waals surface area contributed by atoms with Crippen molar-refractivity contribution in [3.63, 3.8) is 0 Å². The van der Waals surface area contributed by atoms with E-state index in [9.17, 15) is 14.3 Å². The van der Waals surface area contributed by atoms with Gasteiger partial charge in [-0.25, -0.2) is 19.3 Å². The molecule has 9 nitrogen and oxygen atoms in total. The summed E-state index contributed by atoms with van der Waals surface area (Å²) in [5.74, 6) is -0.305. The topological polar surface area (TPSA) is 143 Å². The number of nitrogens with one attached hydrogen (secondary N) is 2. The zero-order valence-corrected chi connectivity index (χ0v) is 19.7. The Morgan fingerprint density at radius 1 is 1.11 bits per heavy atom. The third-order valence-corrected chi connectivity index (χ3v) is 5.93. The number of anilines is 2. The fraction of sp³-hybridized carbons (Fsp3) is 0.0741. The Kier molecular flexibility index (Phi) is 6.06. The van der Waals surface area contributed by atoms with Crippen molar-refractivity contribution in [3.05, 3.63) is 112 Å². The average molecular weight is 496 g/mol. The summed E-state index contributed by atoms with van der Waals surface area (Å²) in [5.41, 5.74) is 7.36. The number of benzene rings is 2. The number of nitrogens with zero attached hydrogens (tertiary/aromatic N) is 4. The minimum Gasteiger partial charge on any atom is -0.508 e. The Morgan fingerprint density at radius 3 is 2.70 bits per heavy atom. The lowest BCUT2D eigenvalue weighted by atomic mass is 10.0. The maximum atomic E-state index is 13.9. The van der Waals surface area contributed by atoms with Gasteiger partial charge in [-0.1, -0.05) is 24.3 Å². The number of phenols is 1. The third-order valence-electron chi connectivity index (χ3n) is 5.93. The second-order valence-corrected chi connectivity index (χ2v) is 8.42. The van der Waals surface area contributed by atoms with Gasteiger partial charge < -0.3 is 16.2 Å². The molecule has 0 atom stereocenters. The Labute approximate surface area is 210 Å². The normalized spacial score (nSPS) is 11.0. The number of fused-ring (bicyclic) bond motifs is 1. The van der Waals surface area contributed by atoms with Gasteiger partial charge in [0.25, 0.3) is 5.56 Å². The van der Waals surface area contributed by atoms with Crippen molar-refractivity contribution >= 4 is 28.1 Å². The highest BCUT2D eigenvalue weighted by Crippen LogP contribution is 2.25. The number of aryl methyl sites for hydroxylation is 1. The van der Waals surface area contributed by atoms with Crippen LogP contribution < -0.4 is 16.6 Å². The molecule has 0 bridgehead atoms. The highest BCUT2D eigenvalue weighted by Gasteiger charge is 2.19. The van der Waals surface area contributed by atoms with E-state index in [1.54, 1.807) is 22.9 Å². The first-order valence-corrected chi connectivity index (χ1v) is 11.3. The molecule has 3 aromatic heterocycles. The Balaban J connectivity index is 1.59. The van der Waals surface area contributed by atoms with E-state index in [2.05, 4.69) is 20.3 Å². The maximum Gasteiger partial charge on any atom is 0.264 e. The smallest absolute Gasteiger partial charge is 0.264 e. The molecular formula is C27H22FN7O2. The molecule has 0 saturated carbocycles. The van der Waals surface area contributed by atoms with Crippen molar-refractivity contribution in [1.82, 2.24) is 19.5 Å². The summed E-state index contributed by atoms with van der Waals surface area (Å²) in [7, 11) is 0. The van der Waals surface area contributed by atoms with Crippen LogP contribution in [-0.2, 0) is 6.54 Å². The van der Waals surface area contributed by atoms with Crippen molar-refractivity contribution in [1.29, 1.82) is 5.41 Å². The van der Waals surface area contributed by atoms with Crippen LogP contribution in [-0.4, -0.2) is 30.3 Å². The summed E-state index contributed by atoms with van der Waals surface area (Å²) in [5, 5.41) is 22.9. The van der Waals surface area contributed by atoms with Crippen molar-refractivity contribution in [2.45, 2.75) is 13.5 Å². The highest BCUT2D eigenvalue weighted by atomic mass is 19.1. The number of rotatable bonds is 6. The van der Waals surface area contributed by atoms with E-state index in [1.807, 2.05) is 37.3 Å². The number of phenolic OH excluding ortho intramolecular Hbond substituents is 1. The van der Waals surface area contributed by atoms with Gasteiger partial charge in [-0.15, -0.1) is 0 Å². The third kappa shape index (κ3) is 4.47. The molecule has 2 aromatic carbocycles. The van der Waals surface area contributed by atoms with Crippen molar-refractivity contribution in [2.75, 3.05) is 11.1 Å². The van der Waals surface area contributed by atoms with Crippen molar-refractivity contribution in [2.24, 2.45) is 0 Å². The van der Waals surface area contributed by atoms with Crippen LogP contribution in [0.2, 0.25) is 0 Å². The van der Waals surface area contributed by atoms with E-state index in [1.165, 1.54) is 12.4 Å². The summed E-state index contributed by atoms with van der Waals surface area (Å²) in [6.07, 6.45) is 2.87. The van der Waals surface area contributed by atoms with Gasteiger partial charge in [-0.3, -0.25) is 14.8 Å². The first kappa shape index (κ1) is 23.6. The first-order chi connectivity index (χ1) is 17.8. The number of pyridine rings is 2. The molecule has 5 N–H and O–H groups in total. The van der Waals surface area contributed by atoms with E-state index < -0.39 is 5.82 Å². The molecule has 184 valence electrons. The number of aromatic hydroxyl groups is 1. The van der Waals surface area contributed by atoms with Crippen LogP contribution in [0.25, 0.3) is 16.6 Å². The van der Waals surface area contributed by atoms with Gasteiger partial charge in [-0.2, -0.15) is 0 Å². The van der Waals surface area contributed by atoms with Crippen molar-refractivity contribution in [3.8, 4) is 11.6 Å². The molecule has 5 rings (SSSR count). The number of nitrogen functional groups attached to an aromatic ring is 1. The van der Waals surface area contributed by atoms with Gasteiger partial charge in [0, 0.05) is 28.9 Å². The van der Waals surface area contributed by atoms with E-state index in [0.717, 1.165) is 23.1 Å². The molecule has 0 fully saturated rings. The largest absolute Gasteiger partial charge is 0.508 e. The molecule has 10 heteroatoms. The van der Waals surface area contributed by atoms with Gasteiger partial charge >= 0.3 is 0 Å². The van der Waals surface area contributed by atoms with Crippen LogP contribution in [0.4, 0.5) is 16.0 Å². The maximum absolute atomic E-state index is 13.9. The van der Waals surface area contributed by atoms with Crippen LogP contribution in [0.1, 0.15) is 22.4 Å². The molecule has 0 saturated heterocycles. The Morgan fingerprint density at radius 2 is 1.92 bits per heavy atom. The number of hydrogen-bond donors (Lipinski definition) is 4.